The van der Waals surface area contributed by atoms with E-state index < -0.39 is 0 Å². The van der Waals surface area contributed by atoms with Crippen LogP contribution >= 0.6 is 11.3 Å². The van der Waals surface area contributed by atoms with Crippen molar-refractivity contribution in [3.05, 3.63) is 163 Å². The predicted octanol–water partition coefficient (Wildman–Crippen LogP) is 10.6. The van der Waals surface area contributed by atoms with Gasteiger partial charge in [-0.3, -0.25) is 0 Å². The van der Waals surface area contributed by atoms with Crippen LogP contribution in [0.3, 0.4) is 0 Å². The van der Waals surface area contributed by atoms with Crippen LogP contribution in [0.4, 0.5) is 11.4 Å². The van der Waals surface area contributed by atoms with E-state index in [0.717, 1.165) is 5.70 Å². The second-order valence-electron chi connectivity index (χ2n) is 12.1. The van der Waals surface area contributed by atoms with Gasteiger partial charge < -0.3 is 14.8 Å². The molecule has 0 bridgehead atoms. The average Bonchev–Trinajstić information content (AvgIpc) is 3.76. The maximum absolute atomic E-state index is 3.96. The summed E-state index contributed by atoms with van der Waals surface area (Å²) in [6, 6.07) is 40.2. The van der Waals surface area contributed by atoms with E-state index in [4.69, 9.17) is 0 Å². The summed E-state index contributed by atoms with van der Waals surface area (Å²) < 4.78 is 5.15. The van der Waals surface area contributed by atoms with Crippen molar-refractivity contribution in [2.24, 2.45) is 0 Å². The lowest BCUT2D eigenvalue weighted by molar-refractivity contribution is 0.589. The number of rotatable bonds is 3. The molecule has 0 radical (unpaired) electrons. The fourth-order valence-corrected chi connectivity index (χ4v) is 9.10. The van der Waals surface area contributed by atoms with Crippen LogP contribution in [0.25, 0.3) is 47.7 Å². The molecule has 3 unspecified atom stereocenters. The van der Waals surface area contributed by atoms with Crippen LogP contribution in [0.1, 0.15) is 23.2 Å². The molecule has 4 heterocycles. The summed E-state index contributed by atoms with van der Waals surface area (Å²) in [7, 11) is 0. The molecule has 0 saturated carbocycles. The molecule has 45 heavy (non-hydrogen) atoms. The van der Waals surface area contributed by atoms with E-state index in [0.29, 0.717) is 5.92 Å². The molecule has 214 valence electrons. The molecule has 0 spiro atoms. The zero-order valence-corrected chi connectivity index (χ0v) is 25.3. The Morgan fingerprint density at radius 2 is 1.42 bits per heavy atom. The first-order valence-electron chi connectivity index (χ1n) is 15.7. The first-order chi connectivity index (χ1) is 22.3. The summed E-state index contributed by atoms with van der Waals surface area (Å²) >= 11 is 1.88. The third-order valence-corrected chi connectivity index (χ3v) is 11.0. The van der Waals surface area contributed by atoms with E-state index in [2.05, 4.69) is 167 Å². The Hall–Kier alpha value is -5.32. The van der Waals surface area contributed by atoms with Gasteiger partial charge in [-0.1, -0.05) is 109 Å². The van der Waals surface area contributed by atoms with Gasteiger partial charge in [-0.05, 0) is 48.0 Å². The summed E-state index contributed by atoms with van der Waals surface area (Å²) in [6.07, 6.45) is 15.8. The molecule has 0 saturated heterocycles. The molecule has 4 heteroatoms. The van der Waals surface area contributed by atoms with E-state index >= 15 is 0 Å². The third kappa shape index (κ3) is 3.57. The monoisotopic (exact) mass is 595 g/mol. The van der Waals surface area contributed by atoms with Crippen molar-refractivity contribution in [1.29, 1.82) is 0 Å². The number of thiophene rings is 1. The second-order valence-corrected chi connectivity index (χ2v) is 13.2. The molecule has 2 aromatic heterocycles. The van der Waals surface area contributed by atoms with Crippen LogP contribution in [-0.2, 0) is 0 Å². The molecule has 0 fully saturated rings. The lowest BCUT2D eigenvalue weighted by Crippen LogP contribution is -2.28. The van der Waals surface area contributed by atoms with Crippen LogP contribution in [0.5, 0.6) is 0 Å². The Balaban J connectivity index is 1.16. The quantitative estimate of drug-likeness (QED) is 0.219. The Morgan fingerprint density at radius 3 is 2.36 bits per heavy atom. The van der Waals surface area contributed by atoms with E-state index in [1.807, 2.05) is 11.3 Å². The van der Waals surface area contributed by atoms with Crippen molar-refractivity contribution in [3.63, 3.8) is 0 Å². The van der Waals surface area contributed by atoms with Crippen molar-refractivity contribution in [2.75, 3.05) is 4.90 Å². The number of hydrogen-bond acceptors (Lipinski definition) is 3. The van der Waals surface area contributed by atoms with Gasteiger partial charge in [0.05, 0.1) is 22.8 Å². The number of anilines is 2. The number of fused-ring (bicyclic) bond motifs is 10. The normalized spacial score (nSPS) is 20.2. The summed E-state index contributed by atoms with van der Waals surface area (Å²) in [5, 5.41) is 9.21. The van der Waals surface area contributed by atoms with Crippen LogP contribution in [0, 0.1) is 0 Å². The second kappa shape index (κ2) is 9.59. The molecule has 1 N–H and O–H groups in total. The van der Waals surface area contributed by atoms with Crippen LogP contribution in [0.2, 0.25) is 0 Å². The SMILES string of the molecule is C1=CC2c3ccc4c(c3N(c3ccccc3)C2C=C1)c1ccccc1n4C1C=CC=C(c2cccc3c2sc2ccccc23)N1. The van der Waals surface area contributed by atoms with Gasteiger partial charge in [0.1, 0.15) is 6.17 Å². The Morgan fingerprint density at radius 1 is 0.622 bits per heavy atom. The van der Waals surface area contributed by atoms with Gasteiger partial charge in [0, 0.05) is 53.8 Å². The molecule has 3 aliphatic rings. The van der Waals surface area contributed by atoms with Crippen molar-refractivity contribution < 1.29 is 0 Å². The van der Waals surface area contributed by atoms with Gasteiger partial charge in [0.25, 0.3) is 0 Å². The van der Waals surface area contributed by atoms with Gasteiger partial charge in [0.2, 0.25) is 0 Å². The highest BCUT2D eigenvalue weighted by molar-refractivity contribution is 7.26. The number of nitrogens with zero attached hydrogens (tertiary/aromatic N) is 2. The minimum Gasteiger partial charge on any atom is -0.361 e. The largest absolute Gasteiger partial charge is 0.361 e. The van der Waals surface area contributed by atoms with Crippen LogP contribution in [0.15, 0.2) is 152 Å². The Kier molecular flexibility index (Phi) is 5.34. The van der Waals surface area contributed by atoms with E-state index in [1.165, 1.54) is 64.5 Å². The van der Waals surface area contributed by atoms with Gasteiger partial charge in [-0.2, -0.15) is 0 Å². The smallest absolute Gasteiger partial charge is 0.123 e. The lowest BCUT2D eigenvalue weighted by atomic mass is 9.91. The maximum Gasteiger partial charge on any atom is 0.123 e. The zero-order valence-electron chi connectivity index (χ0n) is 24.5. The van der Waals surface area contributed by atoms with Crippen molar-refractivity contribution in [2.45, 2.75) is 18.1 Å². The maximum atomic E-state index is 3.96. The molecule has 0 amide bonds. The molecule has 7 aromatic rings. The highest BCUT2D eigenvalue weighted by Gasteiger charge is 2.39. The predicted molar refractivity (Wildman–Crippen MR) is 191 cm³/mol. The lowest BCUT2D eigenvalue weighted by Gasteiger charge is -2.29. The summed E-state index contributed by atoms with van der Waals surface area (Å²) in [5.41, 5.74) is 8.83. The molecule has 2 aliphatic heterocycles. The Labute approximate surface area is 265 Å². The Bertz CT molecular complexity index is 2440. The van der Waals surface area contributed by atoms with Gasteiger partial charge in [0.15, 0.2) is 0 Å². The number of allylic oxidation sites excluding steroid dienone is 4. The summed E-state index contributed by atoms with van der Waals surface area (Å²) in [4.78, 5) is 2.57. The van der Waals surface area contributed by atoms with Crippen LogP contribution < -0.4 is 10.2 Å². The molecular weight excluding hydrogens is 567 g/mol. The first kappa shape index (κ1) is 25.1. The fourth-order valence-electron chi connectivity index (χ4n) is 7.87. The number of aromatic nitrogens is 1. The summed E-state index contributed by atoms with van der Waals surface area (Å²) in [5.74, 6) is 0.320. The minimum absolute atomic E-state index is 0.0382. The van der Waals surface area contributed by atoms with E-state index in [1.54, 1.807) is 0 Å². The van der Waals surface area contributed by atoms with E-state index in [9.17, 15) is 0 Å². The average molecular weight is 596 g/mol. The van der Waals surface area contributed by atoms with Crippen molar-refractivity contribution >= 4 is 70.4 Å². The van der Waals surface area contributed by atoms with Gasteiger partial charge in [-0.25, -0.2) is 0 Å². The molecular formula is C41H29N3S. The van der Waals surface area contributed by atoms with Gasteiger partial charge in [-0.15, -0.1) is 11.3 Å². The molecule has 10 rings (SSSR count). The molecule has 1 aliphatic carbocycles. The topological polar surface area (TPSA) is 20.2 Å². The zero-order chi connectivity index (χ0) is 29.5. The number of para-hydroxylation sites is 2. The van der Waals surface area contributed by atoms with Gasteiger partial charge >= 0.3 is 0 Å². The number of benzene rings is 5. The summed E-state index contributed by atoms with van der Waals surface area (Å²) in [6.45, 7) is 0. The molecule has 3 atom stereocenters. The minimum atomic E-state index is -0.0382. The highest BCUT2D eigenvalue weighted by atomic mass is 32.1. The van der Waals surface area contributed by atoms with Crippen molar-refractivity contribution in [3.8, 4) is 0 Å². The third-order valence-electron chi connectivity index (χ3n) is 9.75. The molecule has 3 nitrogen and oxygen atoms in total. The fraction of sp³-hybridized carbons (Fsp3) is 0.0732. The van der Waals surface area contributed by atoms with Crippen LogP contribution in [-0.4, -0.2) is 10.6 Å². The number of nitrogens with one attached hydrogen (secondary N) is 1. The highest BCUT2D eigenvalue weighted by Crippen LogP contribution is 2.53. The number of dihydropyridines is 1. The molecule has 5 aromatic carbocycles. The van der Waals surface area contributed by atoms with Crippen molar-refractivity contribution in [1.82, 2.24) is 9.88 Å². The van der Waals surface area contributed by atoms with E-state index in [-0.39, 0.29) is 12.2 Å². The number of hydrogen-bond donors (Lipinski definition) is 1. The standard InChI is InChI=1S/C41H29N3S/c1-2-12-26(13-3-1)43-34-20-7-4-14-27(34)29-24-25-36-39(40(29)43)32-16-5-8-21-35(32)44(36)38-23-11-19-33(42-38)31-18-10-17-30-28-15-6-9-22-37(28)45-41(30)31/h1-25,27,34,38,42H. The first-order valence-corrected chi connectivity index (χ1v) is 16.5.